The molecule has 2 aromatic carbocycles. The third-order valence-corrected chi connectivity index (χ3v) is 7.38. The molecule has 168 valence electrons. The zero-order valence-electron chi connectivity index (χ0n) is 17.5. The van der Waals surface area contributed by atoms with Crippen LogP contribution < -0.4 is 14.8 Å². The summed E-state index contributed by atoms with van der Waals surface area (Å²) in [4.78, 5) is 19.6. The first-order valence-electron chi connectivity index (χ1n) is 10.6. The number of hydrogen-bond donors (Lipinski definition) is 3. The van der Waals surface area contributed by atoms with E-state index < -0.39 is 24.2 Å². The summed E-state index contributed by atoms with van der Waals surface area (Å²) in [6.45, 7) is 0.684. The van der Waals surface area contributed by atoms with Gasteiger partial charge in [0.1, 0.15) is 6.10 Å². The molecule has 8 nitrogen and oxygen atoms in total. The second-order valence-electron chi connectivity index (χ2n) is 8.28. The van der Waals surface area contributed by atoms with Crippen LogP contribution in [0.2, 0.25) is 0 Å². The minimum Gasteiger partial charge on any atom is -0.454 e. The summed E-state index contributed by atoms with van der Waals surface area (Å²) >= 11 is 1.44. The number of nitrogens with zero attached hydrogens (tertiary/aromatic N) is 2. The molecule has 1 amide bonds. The quantitative estimate of drug-likeness (QED) is 0.648. The summed E-state index contributed by atoms with van der Waals surface area (Å²) in [5, 5.41) is 24.6. The van der Waals surface area contributed by atoms with Crippen molar-refractivity contribution in [2.45, 2.75) is 36.5 Å². The van der Waals surface area contributed by atoms with Crippen molar-refractivity contribution >= 4 is 28.5 Å². The van der Waals surface area contributed by atoms with Crippen LogP contribution in [-0.4, -0.2) is 63.5 Å². The molecular weight excluding hydrogens is 430 g/mol. The average molecular weight is 456 g/mol. The molecule has 1 aliphatic carbocycles. The van der Waals surface area contributed by atoms with Crippen LogP contribution in [-0.2, 0) is 11.3 Å². The lowest BCUT2D eigenvalue weighted by atomic mass is 9.80. The summed E-state index contributed by atoms with van der Waals surface area (Å²) in [6, 6.07) is 14.7. The van der Waals surface area contributed by atoms with Crippen molar-refractivity contribution < 1.29 is 24.5 Å². The first-order chi connectivity index (χ1) is 15.5. The van der Waals surface area contributed by atoms with E-state index in [0.717, 1.165) is 11.3 Å². The monoisotopic (exact) mass is 455 g/mol. The minimum atomic E-state index is -1.01. The van der Waals surface area contributed by atoms with E-state index in [0.29, 0.717) is 23.2 Å². The molecule has 1 fully saturated rings. The van der Waals surface area contributed by atoms with Crippen molar-refractivity contribution in [2.24, 2.45) is 10.9 Å². The number of aliphatic imine (C=N–C) groups is 1. The van der Waals surface area contributed by atoms with Crippen LogP contribution in [0.5, 0.6) is 11.5 Å². The van der Waals surface area contributed by atoms with Gasteiger partial charge in [0.05, 0.1) is 18.1 Å². The van der Waals surface area contributed by atoms with E-state index in [4.69, 9.17) is 9.47 Å². The molecule has 2 heterocycles. The summed E-state index contributed by atoms with van der Waals surface area (Å²) < 4.78 is 10.8. The SMILES string of the molecule is CN(Cc1ccccc1)C(=O)C1CC(O)C(O)C2N=C(Nc3ccc4c(c3)OCO4)SC12. The lowest BCUT2D eigenvalue weighted by molar-refractivity contribution is -0.139. The fourth-order valence-corrected chi connectivity index (χ4v) is 5.78. The highest BCUT2D eigenvalue weighted by Crippen LogP contribution is 2.42. The molecule has 9 heteroatoms. The van der Waals surface area contributed by atoms with Crippen LogP contribution in [0.1, 0.15) is 12.0 Å². The largest absolute Gasteiger partial charge is 0.454 e. The molecule has 5 atom stereocenters. The number of hydrogen-bond acceptors (Lipinski definition) is 8. The van der Waals surface area contributed by atoms with Crippen LogP contribution in [0.25, 0.3) is 0 Å². The molecule has 0 bridgehead atoms. The van der Waals surface area contributed by atoms with E-state index in [2.05, 4.69) is 10.3 Å². The number of benzene rings is 2. The minimum absolute atomic E-state index is 0.0539. The van der Waals surface area contributed by atoms with Gasteiger partial charge in [0.2, 0.25) is 12.7 Å². The van der Waals surface area contributed by atoms with Gasteiger partial charge in [-0.3, -0.25) is 9.79 Å². The number of thioether (sulfide) groups is 1. The van der Waals surface area contributed by atoms with E-state index in [1.165, 1.54) is 11.8 Å². The van der Waals surface area contributed by atoms with Gasteiger partial charge in [-0.25, -0.2) is 0 Å². The Morgan fingerprint density at radius 3 is 2.78 bits per heavy atom. The fourth-order valence-electron chi connectivity index (χ4n) is 4.41. The van der Waals surface area contributed by atoms with Crippen LogP contribution in [0.3, 0.4) is 0 Å². The topological polar surface area (TPSA) is 104 Å². The highest BCUT2D eigenvalue weighted by molar-refractivity contribution is 8.15. The van der Waals surface area contributed by atoms with E-state index in [1.54, 1.807) is 11.9 Å². The Balaban J connectivity index is 1.31. The highest BCUT2D eigenvalue weighted by atomic mass is 32.2. The molecule has 2 aliphatic heterocycles. The number of fused-ring (bicyclic) bond motifs is 2. The molecular formula is C23H25N3O5S. The summed E-state index contributed by atoms with van der Waals surface area (Å²) in [7, 11) is 1.77. The standard InChI is InChI=1S/C23H25N3O5S/c1-26(11-13-5-3-2-4-6-13)22(29)15-10-16(27)20(28)19-21(15)32-23(25-19)24-14-7-8-17-18(9-14)31-12-30-17/h2-9,15-16,19-21,27-28H,10-12H2,1H3,(H,24,25). The number of aliphatic hydroxyl groups is 2. The van der Waals surface area contributed by atoms with E-state index in [9.17, 15) is 15.0 Å². The van der Waals surface area contributed by atoms with Gasteiger partial charge in [0.25, 0.3) is 0 Å². The third kappa shape index (κ3) is 4.03. The Hall–Kier alpha value is -2.75. The predicted molar refractivity (Wildman–Crippen MR) is 122 cm³/mol. The molecule has 3 N–H and O–H groups in total. The van der Waals surface area contributed by atoms with Gasteiger partial charge in [0.15, 0.2) is 16.7 Å². The molecule has 0 saturated heterocycles. The number of carbonyl (C=O) groups excluding carboxylic acids is 1. The maximum atomic E-state index is 13.3. The van der Waals surface area contributed by atoms with E-state index in [1.807, 2.05) is 48.5 Å². The van der Waals surface area contributed by atoms with Crippen LogP contribution in [0.15, 0.2) is 53.5 Å². The van der Waals surface area contributed by atoms with E-state index in [-0.39, 0.29) is 24.4 Å². The highest BCUT2D eigenvalue weighted by Gasteiger charge is 2.50. The molecule has 5 unspecified atom stereocenters. The Labute approximate surface area is 190 Å². The van der Waals surface area contributed by atoms with Crippen molar-refractivity contribution in [3.8, 4) is 11.5 Å². The number of nitrogens with one attached hydrogen (secondary N) is 1. The number of amides is 1. The molecule has 1 saturated carbocycles. The third-order valence-electron chi connectivity index (χ3n) is 6.07. The molecule has 0 aromatic heterocycles. The normalized spacial score (nSPS) is 28.1. The Bertz CT molecular complexity index is 1030. The van der Waals surface area contributed by atoms with Gasteiger partial charge in [0, 0.05) is 30.6 Å². The van der Waals surface area contributed by atoms with Crippen molar-refractivity contribution in [1.82, 2.24) is 4.90 Å². The van der Waals surface area contributed by atoms with Crippen molar-refractivity contribution in [1.29, 1.82) is 0 Å². The molecule has 32 heavy (non-hydrogen) atoms. The zero-order chi connectivity index (χ0) is 22.2. The first-order valence-corrected chi connectivity index (χ1v) is 11.4. The number of amidine groups is 1. The Morgan fingerprint density at radius 1 is 1.19 bits per heavy atom. The number of ether oxygens (including phenoxy) is 2. The van der Waals surface area contributed by atoms with Crippen molar-refractivity contribution in [2.75, 3.05) is 19.2 Å². The van der Waals surface area contributed by atoms with Gasteiger partial charge >= 0.3 is 0 Å². The van der Waals surface area contributed by atoms with Gasteiger partial charge in [-0.15, -0.1) is 0 Å². The van der Waals surface area contributed by atoms with Gasteiger partial charge < -0.3 is 29.9 Å². The second kappa shape index (κ2) is 8.65. The van der Waals surface area contributed by atoms with Crippen molar-refractivity contribution in [3.05, 3.63) is 54.1 Å². The molecule has 5 rings (SSSR count). The smallest absolute Gasteiger partial charge is 0.231 e. The summed E-state index contributed by atoms with van der Waals surface area (Å²) in [5.41, 5.74) is 1.81. The molecule has 3 aliphatic rings. The van der Waals surface area contributed by atoms with Crippen LogP contribution >= 0.6 is 11.8 Å². The van der Waals surface area contributed by atoms with Gasteiger partial charge in [-0.2, -0.15) is 0 Å². The summed E-state index contributed by atoms with van der Waals surface area (Å²) in [5.74, 6) is 0.844. The first kappa shape index (κ1) is 21.1. The van der Waals surface area contributed by atoms with Crippen LogP contribution in [0, 0.1) is 5.92 Å². The maximum absolute atomic E-state index is 13.3. The lowest BCUT2D eigenvalue weighted by Gasteiger charge is -2.38. The lowest BCUT2D eigenvalue weighted by Crippen LogP contribution is -2.54. The Morgan fingerprint density at radius 2 is 1.97 bits per heavy atom. The van der Waals surface area contributed by atoms with Gasteiger partial charge in [-0.05, 0) is 24.1 Å². The number of rotatable bonds is 4. The average Bonchev–Trinajstić information content (AvgIpc) is 3.43. The van der Waals surface area contributed by atoms with Gasteiger partial charge in [-0.1, -0.05) is 42.1 Å². The number of carbonyl (C=O) groups is 1. The Kier molecular flexibility index (Phi) is 5.71. The maximum Gasteiger partial charge on any atom is 0.231 e. The zero-order valence-corrected chi connectivity index (χ0v) is 18.4. The second-order valence-corrected chi connectivity index (χ2v) is 9.45. The van der Waals surface area contributed by atoms with Crippen LogP contribution in [0.4, 0.5) is 5.69 Å². The molecule has 2 aromatic rings. The fraction of sp³-hybridized carbons (Fsp3) is 0.391. The van der Waals surface area contributed by atoms with E-state index >= 15 is 0 Å². The number of aliphatic hydroxyl groups excluding tert-OH is 2. The van der Waals surface area contributed by atoms with Crippen molar-refractivity contribution in [3.63, 3.8) is 0 Å². The molecule has 0 radical (unpaired) electrons. The predicted octanol–water partition coefficient (Wildman–Crippen LogP) is 2.07. The summed E-state index contributed by atoms with van der Waals surface area (Å²) in [6.07, 6.45) is -1.79. The molecule has 0 spiro atoms. The number of anilines is 1.